The first-order valence-corrected chi connectivity index (χ1v) is 13.8. The summed E-state index contributed by atoms with van der Waals surface area (Å²) in [7, 11) is -4.82. The zero-order chi connectivity index (χ0) is 30.4. The van der Waals surface area contributed by atoms with Crippen molar-refractivity contribution < 1.29 is 46.7 Å². The second kappa shape index (κ2) is 12.7. The second-order valence-corrected chi connectivity index (χ2v) is 11.3. The third-order valence-electron chi connectivity index (χ3n) is 5.51. The third-order valence-corrected chi connectivity index (χ3v) is 6.40. The summed E-state index contributed by atoms with van der Waals surface area (Å²) in [5.41, 5.74) is 0.0102. The van der Waals surface area contributed by atoms with Crippen molar-refractivity contribution in [3.63, 3.8) is 0 Å². The number of amides is 9. The van der Waals surface area contributed by atoms with Crippen LogP contribution in [0.25, 0.3) is 0 Å². The van der Waals surface area contributed by atoms with E-state index in [9.17, 15) is 37.2 Å². The summed E-state index contributed by atoms with van der Waals surface area (Å²) in [4.78, 5) is 75.3. The fourth-order valence-corrected chi connectivity index (χ4v) is 4.31. The minimum atomic E-state index is -4.82. The SMILES string of the molecule is CC(C)(C)OC(=O)NCCN1CCN(C(=O)NS(=O)(=O)NC(=O)N2C[C@H](NC(=O)OCc3ccccc3)C2=O)C1=O. The van der Waals surface area contributed by atoms with Crippen LogP contribution in [0.4, 0.5) is 24.0 Å². The Kier molecular flexibility index (Phi) is 9.59. The third kappa shape index (κ3) is 8.95. The number of carbonyl (C=O) groups excluding carboxylic acids is 6. The van der Waals surface area contributed by atoms with Crippen LogP contribution in [-0.2, 0) is 31.1 Å². The molecule has 2 aliphatic rings. The number of ether oxygens (including phenoxy) is 2. The first kappa shape index (κ1) is 30.9. The zero-order valence-corrected chi connectivity index (χ0v) is 23.4. The van der Waals surface area contributed by atoms with E-state index in [1.807, 2.05) is 0 Å². The number of rotatable bonds is 8. The molecule has 1 atom stereocenters. The molecule has 2 fully saturated rings. The van der Waals surface area contributed by atoms with Gasteiger partial charge in [-0.05, 0) is 26.3 Å². The van der Waals surface area contributed by atoms with Crippen molar-refractivity contribution in [3.8, 4) is 0 Å². The maximum absolute atomic E-state index is 12.5. The molecule has 224 valence electrons. The van der Waals surface area contributed by atoms with E-state index in [4.69, 9.17) is 9.47 Å². The first-order valence-electron chi connectivity index (χ1n) is 12.4. The number of imide groups is 2. The van der Waals surface area contributed by atoms with Crippen LogP contribution in [0.3, 0.4) is 0 Å². The maximum atomic E-state index is 12.5. The average Bonchev–Trinajstić information content (AvgIpc) is 3.23. The number of alkyl carbamates (subject to hydrolysis) is 2. The Balaban J connectivity index is 1.39. The molecule has 0 aliphatic carbocycles. The van der Waals surface area contributed by atoms with Gasteiger partial charge in [-0.2, -0.15) is 8.42 Å². The average molecular weight is 598 g/mol. The van der Waals surface area contributed by atoms with Crippen molar-refractivity contribution in [1.29, 1.82) is 0 Å². The van der Waals surface area contributed by atoms with Crippen molar-refractivity contribution in [3.05, 3.63) is 35.9 Å². The van der Waals surface area contributed by atoms with Gasteiger partial charge in [0, 0.05) is 26.2 Å². The molecule has 18 heteroatoms. The van der Waals surface area contributed by atoms with Gasteiger partial charge in [0.1, 0.15) is 18.2 Å². The quantitative estimate of drug-likeness (QED) is 0.296. The molecule has 0 spiro atoms. The van der Waals surface area contributed by atoms with Crippen LogP contribution in [0.2, 0.25) is 0 Å². The predicted molar refractivity (Wildman–Crippen MR) is 139 cm³/mol. The van der Waals surface area contributed by atoms with Gasteiger partial charge in [0.25, 0.3) is 5.91 Å². The second-order valence-electron chi connectivity index (χ2n) is 9.88. The lowest BCUT2D eigenvalue weighted by Crippen LogP contribution is -2.68. The molecule has 1 aromatic carbocycles. The highest BCUT2D eigenvalue weighted by molar-refractivity contribution is 7.88. The number of likely N-dealkylation sites (tertiary alicyclic amines) is 1. The van der Waals surface area contributed by atoms with Crippen LogP contribution < -0.4 is 20.1 Å². The largest absolute Gasteiger partial charge is 0.445 e. The lowest BCUT2D eigenvalue weighted by Gasteiger charge is -2.36. The molecule has 2 saturated heterocycles. The Morgan fingerprint density at radius 1 is 0.951 bits per heavy atom. The van der Waals surface area contributed by atoms with E-state index in [-0.39, 0.29) is 39.3 Å². The van der Waals surface area contributed by atoms with Gasteiger partial charge < -0.3 is 25.0 Å². The van der Waals surface area contributed by atoms with E-state index >= 15 is 0 Å². The normalized spacial score (nSPS) is 17.0. The highest BCUT2D eigenvalue weighted by Gasteiger charge is 2.43. The number of urea groups is 3. The highest BCUT2D eigenvalue weighted by Crippen LogP contribution is 2.12. The number of benzene rings is 1. The van der Waals surface area contributed by atoms with Gasteiger partial charge in [-0.15, -0.1) is 0 Å². The highest BCUT2D eigenvalue weighted by atomic mass is 32.2. The Bertz CT molecular complexity index is 1300. The topological polar surface area (TPSA) is 213 Å². The molecule has 0 unspecified atom stereocenters. The minimum absolute atomic E-state index is 0.0227. The summed E-state index contributed by atoms with van der Waals surface area (Å²) in [6, 6.07) is 4.14. The van der Waals surface area contributed by atoms with E-state index < -0.39 is 58.0 Å². The number of hydrogen-bond acceptors (Lipinski definition) is 10. The van der Waals surface area contributed by atoms with Crippen LogP contribution in [0, 0.1) is 0 Å². The van der Waals surface area contributed by atoms with Crippen molar-refractivity contribution >= 4 is 46.4 Å². The molecule has 0 saturated carbocycles. The molecule has 3 rings (SSSR count). The molecule has 0 radical (unpaired) electrons. The Labute approximate surface area is 235 Å². The van der Waals surface area contributed by atoms with Crippen LogP contribution in [0.5, 0.6) is 0 Å². The molecule has 4 N–H and O–H groups in total. The van der Waals surface area contributed by atoms with E-state index in [1.165, 1.54) is 14.3 Å². The number of nitrogens with one attached hydrogen (secondary N) is 4. The van der Waals surface area contributed by atoms with Crippen LogP contribution in [-0.4, -0.2) is 104 Å². The van der Waals surface area contributed by atoms with E-state index in [2.05, 4.69) is 10.6 Å². The van der Waals surface area contributed by atoms with Gasteiger partial charge in [0.2, 0.25) is 0 Å². The van der Waals surface area contributed by atoms with E-state index in [1.54, 1.807) is 51.1 Å². The standard InChI is InChI=1S/C23H31N7O10S/c1-23(2,3)40-20(34)24-9-10-28-11-12-29(22(28)36)18(32)26-41(37,38)27-19(33)30-13-16(17(30)31)25-21(35)39-14-15-7-5-4-6-8-15/h4-8,16H,9-14H2,1-3H3,(H,24,34)(H,25,35)(H,26,32)(H,27,33)/t16-/m0/s1. The number of hydrogen-bond donors (Lipinski definition) is 4. The molecular weight excluding hydrogens is 566 g/mol. The predicted octanol–water partition coefficient (Wildman–Crippen LogP) is 0.0499. The van der Waals surface area contributed by atoms with Crippen molar-refractivity contribution in [2.75, 3.05) is 32.7 Å². The molecule has 41 heavy (non-hydrogen) atoms. The number of β-lactam (4-membered cyclic amide) rings is 1. The molecule has 0 bridgehead atoms. The van der Waals surface area contributed by atoms with Gasteiger partial charge in [0.15, 0.2) is 0 Å². The first-order chi connectivity index (χ1) is 19.1. The van der Waals surface area contributed by atoms with Crippen LogP contribution in [0.1, 0.15) is 26.3 Å². The summed E-state index contributed by atoms with van der Waals surface area (Å²) in [6.07, 6.45) is -1.59. The van der Waals surface area contributed by atoms with E-state index in [0.29, 0.717) is 9.80 Å². The van der Waals surface area contributed by atoms with Gasteiger partial charge in [-0.1, -0.05) is 30.3 Å². The molecule has 0 aromatic heterocycles. The van der Waals surface area contributed by atoms with Gasteiger partial charge in [0.05, 0.1) is 6.54 Å². The Morgan fingerprint density at radius 3 is 2.20 bits per heavy atom. The lowest BCUT2D eigenvalue weighted by atomic mass is 10.1. The van der Waals surface area contributed by atoms with Crippen molar-refractivity contribution in [2.45, 2.75) is 39.0 Å². The van der Waals surface area contributed by atoms with E-state index in [0.717, 1.165) is 5.56 Å². The summed E-state index contributed by atoms with van der Waals surface area (Å²) in [5.74, 6) is -0.897. The fourth-order valence-electron chi connectivity index (χ4n) is 3.57. The maximum Gasteiger partial charge on any atom is 0.408 e. The molecular formula is C23H31N7O10S. The summed E-state index contributed by atoms with van der Waals surface area (Å²) in [5, 5.41) is 4.72. The smallest absolute Gasteiger partial charge is 0.408 e. The van der Waals surface area contributed by atoms with Gasteiger partial charge in [-0.3, -0.25) is 9.69 Å². The lowest BCUT2D eigenvalue weighted by molar-refractivity contribution is -0.139. The van der Waals surface area contributed by atoms with Crippen molar-refractivity contribution in [2.24, 2.45) is 0 Å². The molecule has 2 heterocycles. The Hall–Kier alpha value is -4.61. The Morgan fingerprint density at radius 2 is 1.59 bits per heavy atom. The van der Waals surface area contributed by atoms with Gasteiger partial charge >= 0.3 is 40.5 Å². The monoisotopic (exact) mass is 597 g/mol. The minimum Gasteiger partial charge on any atom is -0.445 e. The van der Waals surface area contributed by atoms with Crippen molar-refractivity contribution in [1.82, 2.24) is 34.8 Å². The molecule has 9 amide bonds. The molecule has 1 aromatic rings. The summed E-state index contributed by atoms with van der Waals surface area (Å²) < 4.78 is 37.7. The summed E-state index contributed by atoms with van der Waals surface area (Å²) >= 11 is 0. The fraction of sp³-hybridized carbons (Fsp3) is 0.478. The zero-order valence-electron chi connectivity index (χ0n) is 22.5. The van der Waals surface area contributed by atoms with Gasteiger partial charge in [-0.25, -0.2) is 38.3 Å². The van der Waals surface area contributed by atoms with Crippen LogP contribution in [0.15, 0.2) is 30.3 Å². The number of nitrogens with zero attached hydrogens (tertiary/aromatic N) is 3. The number of carbonyl (C=O) groups is 6. The molecule has 2 aliphatic heterocycles. The summed E-state index contributed by atoms with van der Waals surface area (Å²) in [6.45, 7) is 4.63. The molecule has 17 nitrogen and oxygen atoms in total. The van der Waals surface area contributed by atoms with Crippen LogP contribution >= 0.6 is 0 Å².